The Morgan fingerprint density at radius 2 is 1.97 bits per heavy atom. The number of hydrogen-bond acceptors (Lipinski definition) is 5. The number of nitrogen functional groups attached to an aromatic ring is 1. The zero-order chi connectivity index (χ0) is 21.6. The molecule has 0 aliphatic rings. The molecule has 0 atom stereocenters. The minimum absolute atomic E-state index is 0.178. The monoisotopic (exact) mass is 434 g/mol. The molecule has 0 fully saturated rings. The number of nitrogens with zero attached hydrogens (tertiary/aromatic N) is 3. The summed E-state index contributed by atoms with van der Waals surface area (Å²) in [5.41, 5.74) is 5.66. The van der Waals surface area contributed by atoms with Gasteiger partial charge < -0.3 is 5.73 Å². The van der Waals surface area contributed by atoms with E-state index in [0.717, 1.165) is 10.9 Å². The fraction of sp³-hybridized carbons (Fsp3) is 0.150. The van der Waals surface area contributed by atoms with Crippen LogP contribution in [-0.2, 0) is 12.6 Å². The Kier molecular flexibility index (Phi) is 4.81. The Hall–Kier alpha value is -3.27. The summed E-state index contributed by atoms with van der Waals surface area (Å²) in [5, 5.41) is 0. The molecular formula is C20H14F4N4OS. The standard InChI is InChI=1S/C20H14F4N4OS/c1-10-18(12-5-13(25)9-26-8-12)28-16(29)7-14(27-19(28)30-10)6-11-3-2-4-15(17(11)21)20(22,23)24/h2-5,7-9H,6,25H2,1H3. The Bertz CT molecular complexity index is 1330. The van der Waals surface area contributed by atoms with Gasteiger partial charge in [0, 0.05) is 35.3 Å². The number of benzene rings is 1. The van der Waals surface area contributed by atoms with E-state index in [2.05, 4.69) is 9.97 Å². The quantitative estimate of drug-likeness (QED) is 0.484. The first-order chi connectivity index (χ1) is 14.1. The highest BCUT2D eigenvalue weighted by molar-refractivity contribution is 7.17. The molecule has 5 nitrogen and oxygen atoms in total. The van der Waals surface area contributed by atoms with Crippen LogP contribution < -0.4 is 11.3 Å². The van der Waals surface area contributed by atoms with E-state index in [9.17, 15) is 22.4 Å². The molecule has 0 bridgehead atoms. The highest BCUT2D eigenvalue weighted by Gasteiger charge is 2.34. The molecular weight excluding hydrogens is 420 g/mol. The van der Waals surface area contributed by atoms with Gasteiger partial charge in [-0.25, -0.2) is 9.37 Å². The van der Waals surface area contributed by atoms with Gasteiger partial charge in [-0.05, 0) is 24.6 Å². The van der Waals surface area contributed by atoms with Gasteiger partial charge >= 0.3 is 6.18 Å². The predicted molar refractivity (Wildman–Crippen MR) is 106 cm³/mol. The molecule has 2 N–H and O–H groups in total. The molecule has 0 amide bonds. The average Bonchev–Trinajstić information content (AvgIpc) is 2.99. The topological polar surface area (TPSA) is 73.3 Å². The molecule has 0 saturated heterocycles. The Morgan fingerprint density at radius 3 is 2.67 bits per heavy atom. The van der Waals surface area contributed by atoms with Gasteiger partial charge in [-0.1, -0.05) is 12.1 Å². The third-order valence-corrected chi connectivity index (χ3v) is 5.49. The van der Waals surface area contributed by atoms with Crippen molar-refractivity contribution in [1.29, 1.82) is 0 Å². The van der Waals surface area contributed by atoms with Gasteiger partial charge in [-0.3, -0.25) is 14.2 Å². The van der Waals surface area contributed by atoms with Crippen LogP contribution in [0.4, 0.5) is 23.2 Å². The smallest absolute Gasteiger partial charge is 0.397 e. The maximum atomic E-state index is 14.3. The van der Waals surface area contributed by atoms with E-state index >= 15 is 0 Å². The first-order valence-electron chi connectivity index (χ1n) is 8.72. The van der Waals surface area contributed by atoms with Crippen LogP contribution in [0.5, 0.6) is 0 Å². The molecule has 10 heteroatoms. The summed E-state index contributed by atoms with van der Waals surface area (Å²) < 4.78 is 54.6. The molecule has 0 unspecified atom stereocenters. The van der Waals surface area contributed by atoms with E-state index in [1.807, 2.05) is 6.92 Å². The van der Waals surface area contributed by atoms with Gasteiger partial charge in [0.25, 0.3) is 5.56 Å². The van der Waals surface area contributed by atoms with Crippen molar-refractivity contribution in [1.82, 2.24) is 14.4 Å². The summed E-state index contributed by atoms with van der Waals surface area (Å²) in [5.74, 6) is -1.36. The summed E-state index contributed by atoms with van der Waals surface area (Å²) in [6.07, 6.45) is -1.99. The molecule has 3 heterocycles. The van der Waals surface area contributed by atoms with Crippen molar-refractivity contribution in [2.75, 3.05) is 5.73 Å². The van der Waals surface area contributed by atoms with Crippen LogP contribution in [0.25, 0.3) is 16.2 Å². The second-order valence-electron chi connectivity index (χ2n) is 6.67. The lowest BCUT2D eigenvalue weighted by Crippen LogP contribution is -2.16. The van der Waals surface area contributed by atoms with Gasteiger partial charge in [0.2, 0.25) is 0 Å². The molecule has 0 spiro atoms. The van der Waals surface area contributed by atoms with E-state index in [4.69, 9.17) is 5.73 Å². The molecule has 0 radical (unpaired) electrons. The van der Waals surface area contributed by atoms with Crippen LogP contribution in [0.3, 0.4) is 0 Å². The summed E-state index contributed by atoms with van der Waals surface area (Å²) in [4.78, 5) is 22.3. The van der Waals surface area contributed by atoms with Crippen LogP contribution in [-0.4, -0.2) is 14.4 Å². The zero-order valence-electron chi connectivity index (χ0n) is 15.5. The first-order valence-corrected chi connectivity index (χ1v) is 9.54. The molecule has 154 valence electrons. The summed E-state index contributed by atoms with van der Waals surface area (Å²) >= 11 is 1.24. The number of aryl methyl sites for hydroxylation is 1. The molecule has 1 aromatic carbocycles. The molecule has 4 aromatic rings. The Balaban J connectivity index is 1.80. The molecule has 30 heavy (non-hydrogen) atoms. The van der Waals surface area contributed by atoms with Crippen LogP contribution in [0.15, 0.2) is 47.5 Å². The lowest BCUT2D eigenvalue weighted by molar-refractivity contribution is -0.140. The number of fused-ring (bicyclic) bond motifs is 1. The van der Waals surface area contributed by atoms with Gasteiger partial charge in [0.1, 0.15) is 5.82 Å². The second-order valence-corrected chi connectivity index (χ2v) is 7.85. The van der Waals surface area contributed by atoms with Gasteiger partial charge in [-0.15, -0.1) is 11.3 Å². The summed E-state index contributed by atoms with van der Waals surface area (Å²) in [7, 11) is 0. The van der Waals surface area contributed by atoms with Crippen LogP contribution in [0, 0.1) is 12.7 Å². The maximum absolute atomic E-state index is 14.3. The van der Waals surface area contributed by atoms with Crippen molar-refractivity contribution in [3.63, 3.8) is 0 Å². The third kappa shape index (κ3) is 3.54. The number of anilines is 1. The first kappa shape index (κ1) is 20.0. The minimum Gasteiger partial charge on any atom is -0.397 e. The highest BCUT2D eigenvalue weighted by Crippen LogP contribution is 2.33. The lowest BCUT2D eigenvalue weighted by atomic mass is 10.0. The predicted octanol–water partition coefficient (Wildman–Crippen LogP) is 4.46. The normalized spacial score (nSPS) is 11.9. The van der Waals surface area contributed by atoms with E-state index in [0.29, 0.717) is 28.0 Å². The third-order valence-electron chi connectivity index (χ3n) is 4.53. The minimum atomic E-state index is -4.80. The largest absolute Gasteiger partial charge is 0.419 e. The van der Waals surface area contributed by atoms with E-state index in [1.54, 1.807) is 12.3 Å². The number of alkyl halides is 3. The summed E-state index contributed by atoms with van der Waals surface area (Å²) in [6.45, 7) is 1.81. The van der Waals surface area contributed by atoms with Gasteiger partial charge in [0.15, 0.2) is 4.96 Å². The van der Waals surface area contributed by atoms with E-state index in [1.165, 1.54) is 34.1 Å². The number of halogens is 4. The number of thiazole rings is 1. The van der Waals surface area contributed by atoms with Crippen molar-refractivity contribution in [3.05, 3.63) is 80.6 Å². The van der Waals surface area contributed by atoms with Crippen molar-refractivity contribution < 1.29 is 17.6 Å². The fourth-order valence-corrected chi connectivity index (χ4v) is 4.28. The van der Waals surface area contributed by atoms with Gasteiger partial charge in [-0.2, -0.15) is 13.2 Å². The number of nitrogens with two attached hydrogens (primary N) is 1. The maximum Gasteiger partial charge on any atom is 0.419 e. The number of hydrogen-bond donors (Lipinski definition) is 1. The average molecular weight is 434 g/mol. The van der Waals surface area contributed by atoms with Crippen molar-refractivity contribution in [3.8, 4) is 11.3 Å². The van der Waals surface area contributed by atoms with Crippen molar-refractivity contribution >= 4 is 22.0 Å². The SMILES string of the molecule is Cc1sc2nc(Cc3cccc(C(F)(F)F)c3F)cc(=O)n2c1-c1cncc(N)c1. The fourth-order valence-electron chi connectivity index (χ4n) is 3.26. The summed E-state index contributed by atoms with van der Waals surface area (Å²) in [6, 6.07) is 5.94. The van der Waals surface area contributed by atoms with Crippen LogP contribution >= 0.6 is 11.3 Å². The molecule has 4 rings (SSSR count). The molecule has 0 aliphatic carbocycles. The number of aromatic nitrogens is 3. The van der Waals surface area contributed by atoms with Crippen molar-refractivity contribution in [2.24, 2.45) is 0 Å². The number of rotatable bonds is 3. The molecule has 0 aliphatic heterocycles. The molecule has 0 saturated carbocycles. The van der Waals surface area contributed by atoms with E-state index in [-0.39, 0.29) is 17.7 Å². The number of pyridine rings is 1. The van der Waals surface area contributed by atoms with Gasteiger partial charge in [0.05, 0.1) is 22.6 Å². The Labute approximate surface area is 171 Å². The zero-order valence-corrected chi connectivity index (χ0v) is 16.3. The highest BCUT2D eigenvalue weighted by atomic mass is 32.1. The van der Waals surface area contributed by atoms with Crippen LogP contribution in [0.2, 0.25) is 0 Å². The van der Waals surface area contributed by atoms with Crippen LogP contribution in [0.1, 0.15) is 21.7 Å². The van der Waals surface area contributed by atoms with Crippen molar-refractivity contribution in [2.45, 2.75) is 19.5 Å². The Morgan fingerprint density at radius 1 is 1.20 bits per heavy atom. The second kappa shape index (κ2) is 7.21. The lowest BCUT2D eigenvalue weighted by Gasteiger charge is -2.11. The molecule has 3 aromatic heterocycles. The van der Waals surface area contributed by atoms with E-state index < -0.39 is 23.1 Å².